The molecule has 2 aliphatic rings. The van der Waals surface area contributed by atoms with Crippen molar-refractivity contribution in [3.63, 3.8) is 0 Å². The molecule has 2 amide bonds. The molecule has 40 heavy (non-hydrogen) atoms. The van der Waals surface area contributed by atoms with Gasteiger partial charge in [-0.3, -0.25) is 4.72 Å². The molecule has 1 saturated heterocycles. The molecule has 2 fully saturated rings. The number of urea groups is 1. The van der Waals surface area contributed by atoms with Crippen LogP contribution in [0.15, 0.2) is 36.4 Å². The number of nitrogens with one attached hydrogen (secondary N) is 2. The van der Waals surface area contributed by atoms with Crippen molar-refractivity contribution in [2.24, 2.45) is 0 Å². The second-order valence-electron chi connectivity index (χ2n) is 9.50. The number of methoxy groups -OCH3 is 2. The maximum atomic E-state index is 12.4. The van der Waals surface area contributed by atoms with E-state index in [0.29, 0.717) is 27.0 Å². The van der Waals surface area contributed by atoms with Gasteiger partial charge in [0.15, 0.2) is 11.5 Å². The van der Waals surface area contributed by atoms with E-state index in [1.165, 1.54) is 17.5 Å². The minimum Gasteiger partial charge on any atom is -0.493 e. The molecule has 1 saturated carbocycles. The number of aliphatic carboxylic acids is 1. The van der Waals surface area contributed by atoms with E-state index in [1.54, 1.807) is 32.4 Å². The molecule has 3 atom stereocenters. The molecule has 1 aliphatic carbocycles. The Morgan fingerprint density at radius 2 is 1.70 bits per heavy atom. The minimum absolute atomic E-state index is 0.0884. The maximum Gasteiger partial charge on any atom is 0.490 e. The van der Waals surface area contributed by atoms with Crippen LogP contribution in [-0.4, -0.2) is 67.3 Å². The Labute approximate surface area is 244 Å². The molecule has 2 aromatic rings. The first-order chi connectivity index (χ1) is 18.8. The number of carboxylic acid groups (broad SMARTS) is 1. The number of ether oxygens (including phenoxy) is 2. The van der Waals surface area contributed by atoms with E-state index in [2.05, 4.69) is 34.1 Å². The summed E-state index contributed by atoms with van der Waals surface area (Å²) in [5.41, 5.74) is 1.96. The van der Waals surface area contributed by atoms with Gasteiger partial charge < -0.3 is 24.8 Å². The van der Waals surface area contributed by atoms with Gasteiger partial charge >= 0.3 is 18.2 Å². The molecule has 3 N–H and O–H groups in total. The minimum atomic E-state index is -5.08. The average Bonchev–Trinajstić information content (AvgIpc) is 3.23. The van der Waals surface area contributed by atoms with E-state index in [-0.39, 0.29) is 11.4 Å². The average molecular weight is 625 g/mol. The summed E-state index contributed by atoms with van der Waals surface area (Å²) in [4.78, 5) is 23.8. The highest BCUT2D eigenvalue weighted by Gasteiger charge is 2.50. The van der Waals surface area contributed by atoms with Gasteiger partial charge in [-0.1, -0.05) is 29.3 Å². The van der Waals surface area contributed by atoms with Crippen LogP contribution in [0.5, 0.6) is 11.5 Å². The van der Waals surface area contributed by atoms with Crippen molar-refractivity contribution in [3.05, 3.63) is 52.0 Å². The van der Waals surface area contributed by atoms with Crippen molar-refractivity contribution in [2.75, 3.05) is 33.1 Å². The van der Waals surface area contributed by atoms with E-state index in [0.717, 1.165) is 43.7 Å². The topological polar surface area (TPSA) is 100 Å². The van der Waals surface area contributed by atoms with Gasteiger partial charge in [0.1, 0.15) is 0 Å². The molecular weight excluding hydrogens is 594 g/mol. The molecule has 4 rings (SSSR count). The van der Waals surface area contributed by atoms with Gasteiger partial charge in [0.25, 0.3) is 0 Å². The first-order valence-corrected chi connectivity index (χ1v) is 13.8. The number of fused-ring (bicyclic) bond motifs is 1. The zero-order chi connectivity index (χ0) is 29.7. The number of likely N-dealkylation sites (N-methyl/N-ethyl adjacent to an activating group) is 1. The third-order valence-corrected chi connectivity index (χ3v) is 8.62. The lowest BCUT2D eigenvalue weighted by Gasteiger charge is -2.44. The molecule has 1 aliphatic heterocycles. The van der Waals surface area contributed by atoms with Crippen LogP contribution in [0.4, 0.5) is 23.7 Å². The number of amides is 2. The standard InChI is InChI=1S/C24H29Cl2N3O3S.C2HF3O2/c1-29-9-8-24(15-4-5-20(31-2)21(10-15)32-3)7-6-19(14-22(24)29)33-28-23(30)27-18-12-16(25)11-17(26)13-18;3-2(4,5)1(6)7/h4-5,10-13,19,22H,6-9,14H2,1-3H3,(H2,27,28,30);(H,6,7). The highest BCUT2D eigenvalue weighted by Crippen LogP contribution is 2.51. The number of benzene rings is 2. The number of hydrogen-bond donors (Lipinski definition) is 3. The predicted octanol–water partition coefficient (Wildman–Crippen LogP) is 6.61. The Morgan fingerprint density at radius 3 is 2.27 bits per heavy atom. The van der Waals surface area contributed by atoms with Crippen LogP contribution in [-0.2, 0) is 10.2 Å². The largest absolute Gasteiger partial charge is 0.493 e. The highest BCUT2D eigenvalue weighted by atomic mass is 35.5. The van der Waals surface area contributed by atoms with Gasteiger partial charge in [-0.05, 0) is 87.1 Å². The first kappa shape index (κ1) is 32.0. The number of anilines is 1. The van der Waals surface area contributed by atoms with Gasteiger partial charge in [0.2, 0.25) is 0 Å². The Morgan fingerprint density at radius 1 is 1.07 bits per heavy atom. The van der Waals surface area contributed by atoms with Gasteiger partial charge in [-0.25, -0.2) is 9.59 Å². The van der Waals surface area contributed by atoms with Gasteiger partial charge in [0.05, 0.1) is 14.2 Å². The van der Waals surface area contributed by atoms with E-state index in [9.17, 15) is 18.0 Å². The summed E-state index contributed by atoms with van der Waals surface area (Å²) in [6, 6.07) is 11.4. The second-order valence-corrected chi connectivity index (χ2v) is 11.5. The summed E-state index contributed by atoms with van der Waals surface area (Å²) < 4.78 is 45.7. The molecular formula is C26H30Cl2F3N3O5S. The van der Waals surface area contributed by atoms with Crippen molar-refractivity contribution in [1.29, 1.82) is 0 Å². The number of carbonyl (C=O) groups excluding carboxylic acids is 1. The summed E-state index contributed by atoms with van der Waals surface area (Å²) in [6.45, 7) is 1.06. The maximum absolute atomic E-state index is 12.4. The summed E-state index contributed by atoms with van der Waals surface area (Å²) in [5.74, 6) is -1.23. The lowest BCUT2D eigenvalue weighted by Crippen LogP contribution is -2.47. The van der Waals surface area contributed by atoms with E-state index >= 15 is 0 Å². The van der Waals surface area contributed by atoms with Gasteiger partial charge in [-0.15, -0.1) is 0 Å². The monoisotopic (exact) mass is 623 g/mol. The van der Waals surface area contributed by atoms with Crippen LogP contribution in [0.2, 0.25) is 10.0 Å². The number of carboxylic acids is 1. The predicted molar refractivity (Wildman–Crippen MR) is 150 cm³/mol. The lowest BCUT2D eigenvalue weighted by molar-refractivity contribution is -0.192. The summed E-state index contributed by atoms with van der Waals surface area (Å²) in [6.07, 6.45) is -0.891. The first-order valence-electron chi connectivity index (χ1n) is 12.2. The lowest BCUT2D eigenvalue weighted by atomic mass is 9.66. The quantitative estimate of drug-likeness (QED) is 0.311. The van der Waals surface area contributed by atoms with Crippen molar-refractivity contribution in [1.82, 2.24) is 9.62 Å². The van der Waals surface area contributed by atoms with Crippen molar-refractivity contribution >= 4 is 52.8 Å². The Balaban J connectivity index is 0.000000559. The fourth-order valence-corrected chi connectivity index (χ4v) is 6.62. The van der Waals surface area contributed by atoms with Gasteiger partial charge in [-0.2, -0.15) is 13.2 Å². The van der Waals surface area contributed by atoms with Crippen molar-refractivity contribution in [2.45, 2.75) is 48.6 Å². The van der Waals surface area contributed by atoms with Crippen molar-refractivity contribution in [3.8, 4) is 11.5 Å². The summed E-state index contributed by atoms with van der Waals surface area (Å²) >= 11 is 13.5. The Kier molecular flexibility index (Phi) is 10.7. The number of hydrogen-bond acceptors (Lipinski definition) is 6. The van der Waals surface area contributed by atoms with Crippen LogP contribution in [0.1, 0.15) is 31.2 Å². The molecule has 3 unspecified atom stereocenters. The number of nitrogens with zero attached hydrogens (tertiary/aromatic N) is 1. The fraction of sp³-hybridized carbons (Fsp3) is 0.462. The highest BCUT2D eigenvalue weighted by molar-refractivity contribution is 7.98. The van der Waals surface area contributed by atoms with Crippen LogP contribution >= 0.6 is 35.1 Å². The molecule has 220 valence electrons. The number of rotatable bonds is 6. The zero-order valence-electron chi connectivity index (χ0n) is 22.0. The number of alkyl halides is 3. The molecule has 0 aromatic heterocycles. The van der Waals surface area contributed by atoms with E-state index in [1.807, 2.05) is 6.07 Å². The van der Waals surface area contributed by atoms with E-state index < -0.39 is 12.1 Å². The summed E-state index contributed by atoms with van der Waals surface area (Å²) in [7, 11) is 5.54. The third-order valence-electron chi connectivity index (χ3n) is 7.12. The fourth-order valence-electron chi connectivity index (χ4n) is 5.26. The summed E-state index contributed by atoms with van der Waals surface area (Å²) in [5, 5.41) is 11.2. The molecule has 1 heterocycles. The van der Waals surface area contributed by atoms with Crippen LogP contribution < -0.4 is 19.5 Å². The molecule has 0 spiro atoms. The molecule has 0 bridgehead atoms. The van der Waals surface area contributed by atoms with E-state index in [4.69, 9.17) is 42.6 Å². The van der Waals surface area contributed by atoms with Crippen molar-refractivity contribution < 1.29 is 37.3 Å². The second kappa shape index (κ2) is 13.4. The number of halogens is 5. The van der Waals surface area contributed by atoms with Crippen LogP contribution in [0.3, 0.4) is 0 Å². The van der Waals surface area contributed by atoms with Crippen LogP contribution in [0, 0.1) is 0 Å². The molecule has 0 radical (unpaired) electrons. The number of carbonyl (C=O) groups is 2. The van der Waals surface area contributed by atoms with Gasteiger partial charge in [0, 0.05) is 32.4 Å². The third kappa shape index (κ3) is 7.80. The zero-order valence-corrected chi connectivity index (χ0v) is 24.3. The normalized spacial score (nSPS) is 22.4. The smallest absolute Gasteiger partial charge is 0.490 e. The molecule has 2 aromatic carbocycles. The molecule has 14 heteroatoms. The SMILES string of the molecule is COc1ccc(C23CCC(SNC(=O)Nc4cc(Cl)cc(Cl)c4)CC2N(C)CC3)cc1OC.O=C(O)C(F)(F)F. The Bertz CT molecular complexity index is 1200. The van der Waals surface area contributed by atoms with Crippen LogP contribution in [0.25, 0.3) is 0 Å². The molecule has 8 nitrogen and oxygen atoms in total. The number of likely N-dealkylation sites (tertiary alicyclic amines) is 1. The Hall–Kier alpha value is -2.54.